The summed E-state index contributed by atoms with van der Waals surface area (Å²) in [6.07, 6.45) is 0. The molecule has 0 atom stereocenters. The van der Waals surface area contributed by atoms with E-state index in [4.69, 9.17) is 5.41 Å². The van der Waals surface area contributed by atoms with E-state index in [-0.39, 0.29) is 12.1 Å². The molecule has 0 aromatic heterocycles. The lowest BCUT2D eigenvalue weighted by molar-refractivity contribution is 0.217. The lowest BCUT2D eigenvalue weighted by Gasteiger charge is -2.11. The van der Waals surface area contributed by atoms with Crippen molar-refractivity contribution in [3.8, 4) is 0 Å². The van der Waals surface area contributed by atoms with E-state index in [1.54, 1.807) is 21.0 Å². The van der Waals surface area contributed by atoms with E-state index in [9.17, 15) is 4.79 Å². The summed E-state index contributed by atoms with van der Waals surface area (Å²) in [7, 11) is 3.18. The van der Waals surface area contributed by atoms with Crippen LogP contribution in [-0.2, 0) is 4.74 Å². The standard InChI is InChI=1S/C6H13N3O2/c1-4-11-5(7)8-6(10)9(2)3/h4H2,1-3H3,(H2,7,8,10). The van der Waals surface area contributed by atoms with Gasteiger partial charge in [0.05, 0.1) is 6.61 Å². The number of carbonyl (C=O) groups excluding carboxylic acids is 1. The Morgan fingerprint density at radius 3 is 2.55 bits per heavy atom. The SMILES string of the molecule is CCOC(=N)NC(=O)N(C)C. The van der Waals surface area contributed by atoms with Crippen molar-refractivity contribution in [2.75, 3.05) is 20.7 Å². The van der Waals surface area contributed by atoms with E-state index in [1.165, 1.54) is 4.90 Å². The summed E-state index contributed by atoms with van der Waals surface area (Å²) >= 11 is 0. The van der Waals surface area contributed by atoms with Gasteiger partial charge in [-0.05, 0) is 6.92 Å². The fourth-order valence-corrected chi connectivity index (χ4v) is 0.389. The predicted molar refractivity (Wildman–Crippen MR) is 41.6 cm³/mol. The van der Waals surface area contributed by atoms with Gasteiger partial charge in [-0.15, -0.1) is 0 Å². The molecule has 5 heteroatoms. The fourth-order valence-electron chi connectivity index (χ4n) is 0.389. The molecule has 64 valence electrons. The van der Waals surface area contributed by atoms with E-state index in [0.29, 0.717) is 6.61 Å². The maximum atomic E-state index is 10.8. The van der Waals surface area contributed by atoms with Crippen LogP contribution < -0.4 is 5.32 Å². The molecule has 11 heavy (non-hydrogen) atoms. The molecular weight excluding hydrogens is 146 g/mol. The van der Waals surface area contributed by atoms with E-state index in [2.05, 4.69) is 10.1 Å². The molecule has 2 N–H and O–H groups in total. The number of hydrogen-bond donors (Lipinski definition) is 2. The second kappa shape index (κ2) is 4.54. The third-order valence-corrected chi connectivity index (χ3v) is 0.915. The number of urea groups is 1. The highest BCUT2D eigenvalue weighted by Crippen LogP contribution is 1.78. The Labute approximate surface area is 65.8 Å². The maximum absolute atomic E-state index is 10.8. The third-order valence-electron chi connectivity index (χ3n) is 0.915. The smallest absolute Gasteiger partial charge is 0.324 e. The fraction of sp³-hybridized carbons (Fsp3) is 0.667. The molecule has 0 bridgehead atoms. The molecule has 0 spiro atoms. The molecule has 0 unspecified atom stereocenters. The molecule has 2 amide bonds. The average Bonchev–Trinajstić information content (AvgIpc) is 1.87. The van der Waals surface area contributed by atoms with Gasteiger partial charge >= 0.3 is 6.03 Å². The van der Waals surface area contributed by atoms with Gasteiger partial charge in [-0.3, -0.25) is 10.7 Å². The Balaban J connectivity index is 3.67. The normalized spacial score (nSPS) is 8.64. The highest BCUT2D eigenvalue weighted by Gasteiger charge is 2.05. The largest absolute Gasteiger partial charge is 0.465 e. The van der Waals surface area contributed by atoms with Crippen molar-refractivity contribution in [3.63, 3.8) is 0 Å². The summed E-state index contributed by atoms with van der Waals surface area (Å²) in [6, 6.07) is -0.574. The van der Waals surface area contributed by atoms with E-state index >= 15 is 0 Å². The van der Waals surface area contributed by atoms with Crippen molar-refractivity contribution in [2.45, 2.75) is 6.92 Å². The van der Waals surface area contributed by atoms with Crippen molar-refractivity contribution in [3.05, 3.63) is 0 Å². The molecule has 0 fully saturated rings. The van der Waals surface area contributed by atoms with Gasteiger partial charge < -0.3 is 9.64 Å². The molecule has 0 aliphatic carbocycles. The zero-order valence-electron chi connectivity index (χ0n) is 6.97. The van der Waals surface area contributed by atoms with Crippen LogP contribution in [-0.4, -0.2) is 37.7 Å². The van der Waals surface area contributed by atoms with Crippen LogP contribution in [0.3, 0.4) is 0 Å². The number of nitrogens with one attached hydrogen (secondary N) is 2. The Bertz CT molecular complexity index is 156. The zero-order chi connectivity index (χ0) is 8.85. The minimum absolute atomic E-state index is 0.216. The van der Waals surface area contributed by atoms with Crippen LogP contribution in [0.4, 0.5) is 4.79 Å². The monoisotopic (exact) mass is 159 g/mol. The van der Waals surface area contributed by atoms with Gasteiger partial charge in [-0.1, -0.05) is 0 Å². The third kappa shape index (κ3) is 4.19. The molecular formula is C6H13N3O2. The molecule has 0 saturated heterocycles. The Morgan fingerprint density at radius 2 is 2.18 bits per heavy atom. The number of amidine groups is 1. The molecule has 0 aromatic rings. The molecule has 0 aliphatic heterocycles. The van der Waals surface area contributed by atoms with E-state index < -0.39 is 0 Å². The van der Waals surface area contributed by atoms with Crippen molar-refractivity contribution in [1.82, 2.24) is 10.2 Å². The van der Waals surface area contributed by atoms with E-state index in [0.717, 1.165) is 0 Å². The summed E-state index contributed by atoms with van der Waals surface area (Å²) in [5, 5.41) is 9.26. The molecule has 0 heterocycles. The lowest BCUT2D eigenvalue weighted by atomic mass is 10.8. The van der Waals surface area contributed by atoms with Crippen LogP contribution in [0.1, 0.15) is 6.92 Å². The lowest BCUT2D eigenvalue weighted by Crippen LogP contribution is -2.39. The summed E-state index contributed by atoms with van der Waals surface area (Å²) in [5.74, 6) is 0. The van der Waals surface area contributed by atoms with Crippen LogP contribution in [0.25, 0.3) is 0 Å². The first-order valence-corrected chi connectivity index (χ1v) is 3.27. The number of nitrogens with zero attached hydrogens (tertiary/aromatic N) is 1. The minimum atomic E-state index is -0.358. The first kappa shape index (κ1) is 9.74. The van der Waals surface area contributed by atoms with Crippen molar-refractivity contribution in [2.24, 2.45) is 0 Å². The first-order chi connectivity index (χ1) is 5.07. The number of carbonyl (C=O) groups is 1. The van der Waals surface area contributed by atoms with Gasteiger partial charge in [-0.25, -0.2) is 4.79 Å². The molecule has 5 nitrogen and oxygen atoms in total. The van der Waals surface area contributed by atoms with Gasteiger partial charge in [0.25, 0.3) is 6.02 Å². The van der Waals surface area contributed by atoms with Gasteiger partial charge in [0, 0.05) is 14.1 Å². The van der Waals surface area contributed by atoms with Crippen LogP contribution in [0.2, 0.25) is 0 Å². The Morgan fingerprint density at radius 1 is 1.64 bits per heavy atom. The number of hydrogen-bond acceptors (Lipinski definition) is 3. The molecule has 0 aliphatic rings. The highest BCUT2D eigenvalue weighted by molar-refractivity contribution is 5.91. The molecule has 0 radical (unpaired) electrons. The molecule has 0 saturated carbocycles. The van der Waals surface area contributed by atoms with Crippen LogP contribution >= 0.6 is 0 Å². The second-order valence-corrected chi connectivity index (χ2v) is 2.09. The molecule has 0 aromatic carbocycles. The number of amides is 2. The van der Waals surface area contributed by atoms with Gasteiger partial charge in [0.1, 0.15) is 0 Å². The van der Waals surface area contributed by atoms with Gasteiger partial charge in [-0.2, -0.15) is 0 Å². The quantitative estimate of drug-likeness (QED) is 0.425. The Hall–Kier alpha value is -1.26. The van der Waals surface area contributed by atoms with Crippen molar-refractivity contribution < 1.29 is 9.53 Å². The first-order valence-electron chi connectivity index (χ1n) is 3.27. The Kier molecular flexibility index (Phi) is 4.02. The van der Waals surface area contributed by atoms with Crippen molar-refractivity contribution >= 4 is 12.1 Å². The number of rotatable bonds is 1. The average molecular weight is 159 g/mol. The maximum Gasteiger partial charge on any atom is 0.324 e. The zero-order valence-corrected chi connectivity index (χ0v) is 6.97. The van der Waals surface area contributed by atoms with Crippen LogP contribution in [0.5, 0.6) is 0 Å². The molecule has 0 rings (SSSR count). The topological polar surface area (TPSA) is 65.4 Å². The second-order valence-electron chi connectivity index (χ2n) is 2.09. The van der Waals surface area contributed by atoms with Crippen LogP contribution in [0.15, 0.2) is 0 Å². The minimum Gasteiger partial charge on any atom is -0.465 e. The van der Waals surface area contributed by atoms with E-state index in [1.807, 2.05) is 0 Å². The van der Waals surface area contributed by atoms with Crippen LogP contribution in [0, 0.1) is 5.41 Å². The van der Waals surface area contributed by atoms with Gasteiger partial charge in [0.15, 0.2) is 0 Å². The highest BCUT2D eigenvalue weighted by atomic mass is 16.5. The summed E-state index contributed by atoms with van der Waals surface area (Å²) in [6.45, 7) is 2.13. The predicted octanol–water partition coefficient (Wildman–Crippen LogP) is 0.229. The summed E-state index contributed by atoms with van der Waals surface area (Å²) < 4.78 is 4.69. The number of ether oxygens (including phenoxy) is 1. The van der Waals surface area contributed by atoms with Crippen molar-refractivity contribution in [1.29, 1.82) is 5.41 Å². The summed E-state index contributed by atoms with van der Waals surface area (Å²) in [4.78, 5) is 12.1. The van der Waals surface area contributed by atoms with Gasteiger partial charge in [0.2, 0.25) is 0 Å². The summed E-state index contributed by atoms with van der Waals surface area (Å²) in [5.41, 5.74) is 0.